The Morgan fingerprint density at radius 3 is 2.14 bits per heavy atom. The maximum Gasteiger partial charge on any atom is 0.343 e. The first-order valence-corrected chi connectivity index (χ1v) is 11.1. The normalized spacial score (nSPS) is 10.9. The fourth-order valence-electron chi connectivity index (χ4n) is 3.62. The largest absolute Gasteiger partial charge is 0.452 e. The highest BCUT2D eigenvalue weighted by Crippen LogP contribution is 2.25. The fraction of sp³-hybridized carbons (Fsp3) is 0.200. The van der Waals surface area contributed by atoms with Gasteiger partial charge in [0.1, 0.15) is 16.5 Å². The molecule has 180 valence electrons. The molecule has 4 aromatic rings. The third-order valence-corrected chi connectivity index (χ3v) is 5.80. The van der Waals surface area contributed by atoms with Gasteiger partial charge < -0.3 is 10.1 Å². The molecule has 1 N–H and O–H groups in total. The molecule has 0 atom stereocenters. The first-order valence-electron chi connectivity index (χ1n) is 10.8. The number of ether oxygens (including phenoxy) is 1. The summed E-state index contributed by atoms with van der Waals surface area (Å²) < 4.78 is 21.5. The number of rotatable bonds is 6. The molecule has 0 saturated carbocycles. The van der Waals surface area contributed by atoms with E-state index in [-0.39, 0.29) is 10.7 Å². The third kappa shape index (κ3) is 4.95. The Labute approximate surface area is 206 Å². The van der Waals surface area contributed by atoms with Crippen LogP contribution in [0.2, 0.25) is 5.15 Å². The molecule has 0 fully saturated rings. The average molecular weight is 496 g/mol. The number of carbonyl (C=O) groups is 2. The number of carbonyl (C=O) groups excluding carboxylic acids is 2. The summed E-state index contributed by atoms with van der Waals surface area (Å²) in [5.74, 6) is -1.72. The molecule has 2 heterocycles. The number of aryl methyl sites for hydroxylation is 3. The first-order chi connectivity index (χ1) is 16.7. The van der Waals surface area contributed by atoms with E-state index in [1.165, 1.54) is 28.9 Å². The summed E-state index contributed by atoms with van der Waals surface area (Å²) >= 11 is 6.35. The Morgan fingerprint density at radius 1 is 0.914 bits per heavy atom. The van der Waals surface area contributed by atoms with Crippen LogP contribution < -0.4 is 5.32 Å². The number of amides is 1. The van der Waals surface area contributed by atoms with Crippen LogP contribution in [0.1, 0.15) is 33.0 Å². The van der Waals surface area contributed by atoms with Gasteiger partial charge in [-0.1, -0.05) is 29.3 Å². The Hall–Kier alpha value is -3.98. The molecule has 0 saturated heterocycles. The third-order valence-electron chi connectivity index (χ3n) is 5.45. The average Bonchev–Trinajstić information content (AvgIpc) is 3.28. The Bertz CT molecular complexity index is 1410. The summed E-state index contributed by atoms with van der Waals surface area (Å²) in [6.07, 6.45) is 0. The lowest BCUT2D eigenvalue weighted by atomic mass is 10.2. The molecule has 0 spiro atoms. The molecular formula is C25H23ClFN5O3. The van der Waals surface area contributed by atoms with Gasteiger partial charge in [0, 0.05) is 0 Å². The predicted octanol–water partition coefficient (Wildman–Crippen LogP) is 4.88. The maximum atomic E-state index is 13.2. The van der Waals surface area contributed by atoms with E-state index < -0.39 is 24.3 Å². The molecule has 2 aromatic heterocycles. The molecule has 8 nitrogen and oxygen atoms in total. The van der Waals surface area contributed by atoms with Crippen LogP contribution in [0.25, 0.3) is 11.4 Å². The molecule has 1 amide bonds. The van der Waals surface area contributed by atoms with Gasteiger partial charge in [0.2, 0.25) is 0 Å². The van der Waals surface area contributed by atoms with Crippen LogP contribution >= 0.6 is 11.6 Å². The number of halogens is 2. The van der Waals surface area contributed by atoms with Crippen molar-refractivity contribution in [2.45, 2.75) is 27.7 Å². The van der Waals surface area contributed by atoms with Crippen LogP contribution in [-0.2, 0) is 9.53 Å². The number of nitrogens with one attached hydrogen (secondary N) is 1. The zero-order chi connectivity index (χ0) is 25.3. The highest BCUT2D eigenvalue weighted by Gasteiger charge is 2.24. The summed E-state index contributed by atoms with van der Waals surface area (Å²) in [6.45, 7) is 6.70. The van der Waals surface area contributed by atoms with Crippen molar-refractivity contribution in [1.82, 2.24) is 19.6 Å². The Balaban J connectivity index is 1.45. The van der Waals surface area contributed by atoms with Gasteiger partial charge in [0.25, 0.3) is 5.91 Å². The number of anilines is 1. The van der Waals surface area contributed by atoms with Crippen molar-refractivity contribution in [3.63, 3.8) is 0 Å². The van der Waals surface area contributed by atoms with Crippen LogP contribution in [0, 0.1) is 33.5 Å². The number of benzene rings is 2. The van der Waals surface area contributed by atoms with E-state index in [0.717, 1.165) is 16.9 Å². The van der Waals surface area contributed by atoms with Gasteiger partial charge in [0.15, 0.2) is 6.61 Å². The summed E-state index contributed by atoms with van der Waals surface area (Å²) in [4.78, 5) is 25.2. The Morgan fingerprint density at radius 2 is 1.49 bits per heavy atom. The van der Waals surface area contributed by atoms with Gasteiger partial charge in [0.05, 0.1) is 34.1 Å². The van der Waals surface area contributed by atoms with E-state index in [1.54, 1.807) is 18.5 Å². The van der Waals surface area contributed by atoms with Crippen molar-refractivity contribution in [1.29, 1.82) is 0 Å². The van der Waals surface area contributed by atoms with Crippen LogP contribution in [0.4, 0.5) is 10.1 Å². The number of nitrogens with zero attached hydrogens (tertiary/aromatic N) is 4. The van der Waals surface area contributed by atoms with Gasteiger partial charge in [-0.25, -0.2) is 18.5 Å². The van der Waals surface area contributed by atoms with Crippen molar-refractivity contribution in [3.05, 3.63) is 87.7 Å². The van der Waals surface area contributed by atoms with E-state index in [2.05, 4.69) is 15.5 Å². The standard InChI is InChI=1S/C25H23ClFN5O3/c1-14-5-9-19(10-6-14)31-17(4)23(16(3)30-31)28-21(33)13-35-25(34)22-15(2)29-32(24(22)26)20-11-7-18(27)8-12-20/h5-12H,13H2,1-4H3,(H,28,33). The number of aromatic nitrogens is 4. The van der Waals surface area contributed by atoms with E-state index >= 15 is 0 Å². The van der Waals surface area contributed by atoms with Crippen molar-refractivity contribution in [3.8, 4) is 11.4 Å². The lowest BCUT2D eigenvalue weighted by molar-refractivity contribution is -0.119. The van der Waals surface area contributed by atoms with E-state index in [9.17, 15) is 14.0 Å². The van der Waals surface area contributed by atoms with Gasteiger partial charge in [-0.15, -0.1) is 0 Å². The molecule has 10 heteroatoms. The molecule has 0 aliphatic heterocycles. The quantitative estimate of drug-likeness (QED) is 0.385. The summed E-state index contributed by atoms with van der Waals surface area (Å²) in [6, 6.07) is 13.3. The second-order valence-electron chi connectivity index (χ2n) is 8.06. The molecule has 0 radical (unpaired) electrons. The highest BCUT2D eigenvalue weighted by atomic mass is 35.5. The first kappa shape index (κ1) is 24.2. The second-order valence-corrected chi connectivity index (χ2v) is 8.41. The number of hydrogen-bond donors (Lipinski definition) is 1. The van der Waals surface area contributed by atoms with Crippen LogP contribution in [0.5, 0.6) is 0 Å². The van der Waals surface area contributed by atoms with E-state index in [0.29, 0.717) is 22.8 Å². The fourth-order valence-corrected chi connectivity index (χ4v) is 3.97. The Kier molecular flexibility index (Phi) is 6.70. The van der Waals surface area contributed by atoms with Crippen molar-refractivity contribution in [2.24, 2.45) is 0 Å². The topological polar surface area (TPSA) is 91.0 Å². The minimum absolute atomic E-state index is 0.00517. The van der Waals surface area contributed by atoms with Gasteiger partial charge in [-0.3, -0.25) is 4.79 Å². The SMILES string of the molecule is Cc1ccc(-n2nc(C)c(NC(=O)COC(=O)c3c(C)nn(-c4ccc(F)cc4)c3Cl)c2C)cc1. The minimum Gasteiger partial charge on any atom is -0.452 e. The van der Waals surface area contributed by atoms with Crippen LogP contribution in [-0.4, -0.2) is 38.0 Å². The van der Waals surface area contributed by atoms with Gasteiger partial charge in [-0.05, 0) is 64.1 Å². The molecule has 2 aromatic carbocycles. The van der Waals surface area contributed by atoms with Gasteiger partial charge >= 0.3 is 5.97 Å². The molecule has 35 heavy (non-hydrogen) atoms. The molecule has 0 bridgehead atoms. The van der Waals surface area contributed by atoms with Crippen LogP contribution in [0.3, 0.4) is 0 Å². The predicted molar refractivity (Wildman–Crippen MR) is 130 cm³/mol. The molecule has 4 rings (SSSR count). The van der Waals surface area contributed by atoms with Gasteiger partial charge in [-0.2, -0.15) is 10.2 Å². The maximum absolute atomic E-state index is 13.2. The molecular weight excluding hydrogens is 473 g/mol. The zero-order valence-corrected chi connectivity index (χ0v) is 20.4. The zero-order valence-electron chi connectivity index (χ0n) is 19.6. The van der Waals surface area contributed by atoms with Crippen molar-refractivity contribution >= 4 is 29.2 Å². The summed E-state index contributed by atoms with van der Waals surface area (Å²) in [7, 11) is 0. The van der Waals surface area contributed by atoms with E-state index in [1.807, 2.05) is 38.1 Å². The number of esters is 1. The molecule has 0 unspecified atom stereocenters. The summed E-state index contributed by atoms with van der Waals surface area (Å²) in [5.41, 5.74) is 4.74. The van der Waals surface area contributed by atoms with Crippen molar-refractivity contribution < 1.29 is 18.7 Å². The monoisotopic (exact) mass is 495 g/mol. The highest BCUT2D eigenvalue weighted by molar-refractivity contribution is 6.33. The molecule has 0 aliphatic rings. The van der Waals surface area contributed by atoms with Crippen LogP contribution in [0.15, 0.2) is 48.5 Å². The molecule has 0 aliphatic carbocycles. The smallest absolute Gasteiger partial charge is 0.343 e. The lowest BCUT2D eigenvalue weighted by Crippen LogP contribution is -2.22. The van der Waals surface area contributed by atoms with Crippen molar-refractivity contribution in [2.75, 3.05) is 11.9 Å². The minimum atomic E-state index is -0.792. The summed E-state index contributed by atoms with van der Waals surface area (Å²) in [5, 5.41) is 11.5. The second kappa shape index (κ2) is 9.71. The lowest BCUT2D eigenvalue weighted by Gasteiger charge is -2.08. The number of hydrogen-bond acceptors (Lipinski definition) is 5. The van der Waals surface area contributed by atoms with E-state index in [4.69, 9.17) is 16.3 Å².